The first-order chi connectivity index (χ1) is 19.3. The molecule has 0 spiro atoms. The molecule has 0 aliphatic carbocycles. The fraction of sp³-hybridized carbons (Fsp3) is 0.519. The van der Waals surface area contributed by atoms with Crippen molar-refractivity contribution in [3.8, 4) is 0 Å². The summed E-state index contributed by atoms with van der Waals surface area (Å²) in [5, 5.41) is 15.9. The summed E-state index contributed by atoms with van der Waals surface area (Å²) in [5.74, 6) is 0.0520. The Labute approximate surface area is 239 Å². The maximum Gasteiger partial charge on any atom is 0.423 e. The van der Waals surface area contributed by atoms with Crippen molar-refractivity contribution in [2.45, 2.75) is 44.3 Å². The van der Waals surface area contributed by atoms with Crippen LogP contribution in [-0.4, -0.2) is 71.6 Å². The number of hydrogen-bond acceptors (Lipinski definition) is 7. The van der Waals surface area contributed by atoms with Gasteiger partial charge in [0.25, 0.3) is 5.69 Å². The van der Waals surface area contributed by atoms with E-state index < -0.39 is 34.1 Å². The van der Waals surface area contributed by atoms with E-state index in [1.54, 1.807) is 5.37 Å². The van der Waals surface area contributed by atoms with Crippen molar-refractivity contribution in [1.29, 1.82) is 0 Å². The highest BCUT2D eigenvalue weighted by atomic mass is 32.1. The van der Waals surface area contributed by atoms with E-state index in [0.29, 0.717) is 52.1 Å². The molecule has 7 nitrogen and oxygen atoms in total. The number of rotatable bonds is 8. The Kier molecular flexibility index (Phi) is 9.44. The van der Waals surface area contributed by atoms with Gasteiger partial charge in [0, 0.05) is 68.7 Å². The Hall–Kier alpha value is -2.97. The largest absolute Gasteiger partial charge is 0.423 e. The van der Waals surface area contributed by atoms with E-state index in [4.69, 9.17) is 12.2 Å². The second-order valence-electron chi connectivity index (χ2n) is 10.4. The van der Waals surface area contributed by atoms with Gasteiger partial charge in [-0.1, -0.05) is 19.1 Å². The Morgan fingerprint density at radius 3 is 2.02 bits per heavy atom. The van der Waals surface area contributed by atoms with Gasteiger partial charge in [-0.25, -0.2) is 0 Å². The van der Waals surface area contributed by atoms with Gasteiger partial charge in [-0.15, -0.1) is 0 Å². The van der Waals surface area contributed by atoms with Crippen LogP contribution in [-0.2, 0) is 12.4 Å². The minimum atomic E-state index is -4.84. The molecule has 2 aromatic carbocycles. The predicted octanol–water partition coefficient (Wildman–Crippen LogP) is 6.29. The van der Waals surface area contributed by atoms with Crippen molar-refractivity contribution in [2.24, 2.45) is 5.92 Å². The summed E-state index contributed by atoms with van der Waals surface area (Å²) < 4.78 is 78.9. The summed E-state index contributed by atoms with van der Waals surface area (Å²) in [5.41, 5.74) is -2.01. The average molecular weight is 604 g/mol. The third-order valence-electron chi connectivity index (χ3n) is 7.71. The first kappa shape index (κ1) is 31.0. The molecular weight excluding hydrogens is 572 g/mol. The maximum absolute atomic E-state index is 13.4. The Morgan fingerprint density at radius 2 is 1.51 bits per heavy atom. The Balaban J connectivity index is 1.36. The zero-order valence-electron chi connectivity index (χ0n) is 22.3. The van der Waals surface area contributed by atoms with Crippen molar-refractivity contribution in [1.82, 2.24) is 9.80 Å². The van der Waals surface area contributed by atoms with E-state index in [-0.39, 0.29) is 23.8 Å². The van der Waals surface area contributed by atoms with Gasteiger partial charge in [-0.3, -0.25) is 19.9 Å². The van der Waals surface area contributed by atoms with Gasteiger partial charge >= 0.3 is 12.4 Å². The van der Waals surface area contributed by atoms with Gasteiger partial charge in [0.05, 0.1) is 16.7 Å². The summed E-state index contributed by atoms with van der Waals surface area (Å²) in [7, 11) is 0. The van der Waals surface area contributed by atoms with Crippen molar-refractivity contribution < 1.29 is 31.3 Å². The number of nitrogens with zero attached hydrogens (tertiary/aromatic N) is 4. The fourth-order valence-corrected chi connectivity index (χ4v) is 5.77. The van der Waals surface area contributed by atoms with Crippen LogP contribution in [0.1, 0.15) is 30.9 Å². The van der Waals surface area contributed by atoms with E-state index in [1.807, 2.05) is 6.92 Å². The number of piperazine rings is 1. The number of anilines is 2. The SMILES string of the molecule is CC(C=S)C(N1CCC(Nc2ccc([N+](=O)[O-])c(C(F)(F)F)c2)CC1)N1CCN(c2ccc(C(F)(F)F)cc2)CC1. The maximum atomic E-state index is 13.4. The second-order valence-corrected chi connectivity index (χ2v) is 10.7. The molecule has 0 aromatic heterocycles. The molecule has 2 aliphatic rings. The minimum absolute atomic E-state index is 0.0133. The van der Waals surface area contributed by atoms with Crippen LogP contribution < -0.4 is 10.2 Å². The number of nitrogens with one attached hydrogen (secondary N) is 1. The lowest BCUT2D eigenvalue weighted by Crippen LogP contribution is -2.60. The van der Waals surface area contributed by atoms with E-state index in [2.05, 4.69) is 20.0 Å². The molecular formula is C27H31F6N5O2S. The fourth-order valence-electron chi connectivity index (χ4n) is 5.63. The van der Waals surface area contributed by atoms with Gasteiger partial charge < -0.3 is 10.2 Å². The number of benzene rings is 2. The number of piperidine rings is 1. The summed E-state index contributed by atoms with van der Waals surface area (Å²) in [6.45, 7) is 6.07. The zero-order chi connectivity index (χ0) is 29.9. The van der Waals surface area contributed by atoms with E-state index in [0.717, 1.165) is 30.0 Å². The van der Waals surface area contributed by atoms with Crippen LogP contribution >= 0.6 is 12.2 Å². The van der Waals surface area contributed by atoms with Crippen molar-refractivity contribution in [3.05, 3.63) is 63.7 Å². The number of likely N-dealkylation sites (tertiary alicyclic amines) is 1. The topological polar surface area (TPSA) is 64.9 Å². The molecule has 2 fully saturated rings. The molecule has 2 atom stereocenters. The van der Waals surface area contributed by atoms with Gasteiger partial charge in [0.1, 0.15) is 5.56 Å². The van der Waals surface area contributed by atoms with E-state index in [1.165, 1.54) is 18.2 Å². The minimum Gasteiger partial charge on any atom is -0.382 e. The molecule has 4 rings (SSSR count). The molecule has 0 bridgehead atoms. The molecule has 2 aliphatic heterocycles. The van der Waals surface area contributed by atoms with Crippen LogP contribution in [0.2, 0.25) is 0 Å². The number of nitro benzene ring substituents is 1. The third-order valence-corrected chi connectivity index (χ3v) is 8.14. The van der Waals surface area contributed by atoms with Crippen LogP contribution in [0.4, 0.5) is 43.4 Å². The summed E-state index contributed by atoms with van der Waals surface area (Å²) >= 11 is 5.28. The number of nitro groups is 1. The van der Waals surface area contributed by atoms with E-state index >= 15 is 0 Å². The van der Waals surface area contributed by atoms with Crippen molar-refractivity contribution in [3.63, 3.8) is 0 Å². The number of hydrogen-bond donors (Lipinski definition) is 1. The van der Waals surface area contributed by atoms with Crippen LogP contribution in [0.15, 0.2) is 42.5 Å². The first-order valence-corrected chi connectivity index (χ1v) is 13.7. The van der Waals surface area contributed by atoms with Crippen LogP contribution in [0.3, 0.4) is 0 Å². The van der Waals surface area contributed by atoms with Gasteiger partial charge in [-0.2, -0.15) is 26.3 Å². The molecule has 1 N–H and O–H groups in total. The Bertz CT molecular complexity index is 1210. The summed E-state index contributed by atoms with van der Waals surface area (Å²) in [6, 6.07) is 8.04. The summed E-state index contributed by atoms with van der Waals surface area (Å²) in [6.07, 6.45) is -7.89. The Morgan fingerprint density at radius 1 is 0.927 bits per heavy atom. The van der Waals surface area contributed by atoms with Crippen molar-refractivity contribution >= 4 is 34.6 Å². The molecule has 2 unspecified atom stereocenters. The molecule has 2 saturated heterocycles. The second kappa shape index (κ2) is 12.5. The van der Waals surface area contributed by atoms with Crippen LogP contribution in [0.25, 0.3) is 0 Å². The number of alkyl halides is 6. The molecule has 2 heterocycles. The molecule has 14 heteroatoms. The van der Waals surface area contributed by atoms with Crippen molar-refractivity contribution in [2.75, 3.05) is 49.5 Å². The molecule has 0 radical (unpaired) electrons. The third kappa shape index (κ3) is 7.46. The standard InChI is InChI=1S/C27H31F6N5O2S/c1-18(17-41)25(37-14-12-35(13-15-37)22-5-2-19(3-6-22)26(28,29)30)36-10-8-20(9-11-36)34-21-4-7-24(38(39)40)23(16-21)27(31,32)33/h2-7,16-18,20,25,34H,8-15H2,1H3. The smallest absolute Gasteiger partial charge is 0.382 e. The highest BCUT2D eigenvalue weighted by molar-refractivity contribution is 7.79. The molecule has 41 heavy (non-hydrogen) atoms. The molecule has 0 saturated carbocycles. The number of thiocarbonyl (C=S) groups is 1. The number of halogens is 6. The lowest BCUT2D eigenvalue weighted by molar-refractivity contribution is -0.388. The molecule has 224 valence electrons. The average Bonchev–Trinajstić information content (AvgIpc) is 2.93. The first-order valence-electron chi connectivity index (χ1n) is 13.3. The molecule has 0 amide bonds. The van der Waals surface area contributed by atoms with Gasteiger partial charge in [0.2, 0.25) is 0 Å². The lowest BCUT2D eigenvalue weighted by atomic mass is 9.99. The monoisotopic (exact) mass is 603 g/mol. The van der Waals surface area contributed by atoms with Gasteiger partial charge in [-0.05, 0) is 54.6 Å². The highest BCUT2D eigenvalue weighted by Crippen LogP contribution is 2.38. The van der Waals surface area contributed by atoms with Crippen LogP contribution in [0, 0.1) is 16.0 Å². The van der Waals surface area contributed by atoms with Gasteiger partial charge in [0.15, 0.2) is 0 Å². The molecule has 2 aromatic rings. The summed E-state index contributed by atoms with van der Waals surface area (Å²) in [4.78, 5) is 16.7. The quantitative estimate of drug-likeness (QED) is 0.165. The predicted molar refractivity (Wildman–Crippen MR) is 148 cm³/mol. The normalized spacial score (nSPS) is 19.5. The zero-order valence-corrected chi connectivity index (χ0v) is 23.1. The van der Waals surface area contributed by atoms with E-state index in [9.17, 15) is 36.5 Å². The highest BCUT2D eigenvalue weighted by Gasteiger charge is 2.39. The van der Waals surface area contributed by atoms with Crippen LogP contribution in [0.5, 0.6) is 0 Å². The lowest BCUT2D eigenvalue weighted by Gasteiger charge is -2.48.